The molecule has 0 amide bonds. The number of unbranched alkanes of at least 4 members (excludes halogenated alkanes) is 11. The van der Waals surface area contributed by atoms with Crippen LogP contribution in [0.25, 0.3) is 0 Å². The summed E-state index contributed by atoms with van der Waals surface area (Å²) in [5.41, 5.74) is 10.2. The Balaban J connectivity index is 0. The molecular formula is C20H45N4O6P. The van der Waals surface area contributed by atoms with E-state index in [4.69, 9.17) is 31.8 Å². The first-order valence-corrected chi connectivity index (χ1v) is 12.9. The number of carbonyl (C=O) groups is 1. The van der Waals surface area contributed by atoms with Crippen molar-refractivity contribution in [2.45, 2.75) is 103 Å². The summed E-state index contributed by atoms with van der Waals surface area (Å²) in [4.78, 5) is 27.2. The lowest BCUT2D eigenvalue weighted by molar-refractivity contribution is -0.138. The van der Waals surface area contributed by atoms with Crippen LogP contribution in [0.5, 0.6) is 0 Å². The molecule has 0 rings (SSSR count). The molecule has 0 aromatic heterocycles. The van der Waals surface area contributed by atoms with Gasteiger partial charge >= 0.3 is 13.8 Å². The van der Waals surface area contributed by atoms with Gasteiger partial charge in [0, 0.05) is 6.54 Å². The molecule has 0 aliphatic rings. The summed E-state index contributed by atoms with van der Waals surface area (Å²) in [5.74, 6) is -1.11. The minimum absolute atomic E-state index is 0.112. The van der Waals surface area contributed by atoms with Crippen molar-refractivity contribution in [2.75, 3.05) is 13.2 Å². The maximum atomic E-state index is 10.4. The molecule has 0 aliphatic carbocycles. The van der Waals surface area contributed by atoms with Crippen LogP contribution in [0, 0.1) is 5.41 Å². The highest BCUT2D eigenvalue weighted by Gasteiger charge is 2.12. The van der Waals surface area contributed by atoms with E-state index in [2.05, 4.69) is 16.8 Å². The Morgan fingerprint density at radius 3 is 1.81 bits per heavy atom. The highest BCUT2D eigenvalue weighted by molar-refractivity contribution is 7.46. The number of aliphatic carboxylic acids is 1. The SMILES string of the molecule is CCCCCCCCCCCCCCOP(=O)(O)O.N=C(N)NCCC[C@H](N)C(=O)O. The quantitative estimate of drug-likeness (QED) is 0.0643. The van der Waals surface area contributed by atoms with Gasteiger partial charge in [0.15, 0.2) is 5.96 Å². The lowest BCUT2D eigenvalue weighted by Crippen LogP contribution is -2.34. The third kappa shape index (κ3) is 31.1. The Morgan fingerprint density at radius 2 is 1.42 bits per heavy atom. The molecule has 9 N–H and O–H groups in total. The molecule has 0 aromatic rings. The standard InChI is InChI=1S/C14H31O4P.C6H14N4O2/c1-2-3-4-5-6-7-8-9-10-11-12-13-14-18-19(15,16)17;7-4(5(11)12)2-1-3-10-6(8)9/h2-14H2,1H3,(H2,15,16,17);4H,1-3,7H2,(H,11,12)(H4,8,9,10)/t;4-/m.0/s1. The van der Waals surface area contributed by atoms with E-state index >= 15 is 0 Å². The topological polar surface area (TPSA) is 192 Å². The third-order valence-corrected chi connectivity index (χ3v) is 5.10. The Hall–Kier alpha value is -1.19. The van der Waals surface area contributed by atoms with Crippen molar-refractivity contribution in [3.05, 3.63) is 0 Å². The van der Waals surface area contributed by atoms with Crippen molar-refractivity contribution in [1.29, 1.82) is 5.41 Å². The molecule has 31 heavy (non-hydrogen) atoms. The Labute approximate surface area is 187 Å². The van der Waals surface area contributed by atoms with Gasteiger partial charge in [-0.1, -0.05) is 77.6 Å². The number of hydrogen-bond acceptors (Lipinski definition) is 5. The minimum Gasteiger partial charge on any atom is -0.480 e. The Morgan fingerprint density at radius 1 is 0.968 bits per heavy atom. The van der Waals surface area contributed by atoms with E-state index in [0.29, 0.717) is 19.4 Å². The number of carboxylic acids is 1. The van der Waals surface area contributed by atoms with Crippen LogP contribution in [-0.4, -0.2) is 46.0 Å². The number of guanidine groups is 1. The van der Waals surface area contributed by atoms with Gasteiger partial charge in [-0.25, -0.2) is 4.57 Å². The molecule has 0 bridgehead atoms. The predicted octanol–water partition coefficient (Wildman–Crippen LogP) is 3.46. The molecule has 1 atom stereocenters. The van der Waals surface area contributed by atoms with Crippen molar-refractivity contribution in [2.24, 2.45) is 11.5 Å². The van der Waals surface area contributed by atoms with E-state index < -0.39 is 19.8 Å². The highest BCUT2D eigenvalue weighted by Crippen LogP contribution is 2.35. The van der Waals surface area contributed by atoms with Gasteiger partial charge < -0.3 is 31.7 Å². The molecule has 0 saturated heterocycles. The normalized spacial score (nSPS) is 12.0. The van der Waals surface area contributed by atoms with Gasteiger partial charge in [0.25, 0.3) is 0 Å². The van der Waals surface area contributed by atoms with E-state index in [1.807, 2.05) is 0 Å². The van der Waals surface area contributed by atoms with Crippen molar-refractivity contribution in [3.63, 3.8) is 0 Å². The van der Waals surface area contributed by atoms with E-state index in [0.717, 1.165) is 19.3 Å². The van der Waals surface area contributed by atoms with E-state index in [1.165, 1.54) is 57.8 Å². The third-order valence-electron chi connectivity index (χ3n) is 4.58. The van der Waals surface area contributed by atoms with Gasteiger partial charge in [0.2, 0.25) is 0 Å². The van der Waals surface area contributed by atoms with Gasteiger partial charge in [-0.15, -0.1) is 0 Å². The van der Waals surface area contributed by atoms with E-state index in [1.54, 1.807) is 0 Å². The van der Waals surface area contributed by atoms with Crippen LogP contribution in [0.15, 0.2) is 0 Å². The molecule has 0 heterocycles. The molecule has 0 unspecified atom stereocenters. The van der Waals surface area contributed by atoms with Crippen LogP contribution in [-0.2, 0) is 13.9 Å². The maximum Gasteiger partial charge on any atom is 0.469 e. The molecule has 0 aliphatic heterocycles. The Kier molecular flexibility index (Phi) is 22.7. The monoisotopic (exact) mass is 468 g/mol. The molecule has 0 saturated carbocycles. The molecule has 186 valence electrons. The van der Waals surface area contributed by atoms with Crippen LogP contribution in [0.3, 0.4) is 0 Å². The second-order valence-electron chi connectivity index (χ2n) is 7.64. The number of nitrogens with one attached hydrogen (secondary N) is 2. The first kappa shape index (κ1) is 32.0. The fourth-order valence-electron chi connectivity index (χ4n) is 2.80. The number of hydrogen-bond donors (Lipinski definition) is 7. The van der Waals surface area contributed by atoms with Gasteiger partial charge in [0.05, 0.1) is 6.61 Å². The second kappa shape index (κ2) is 22.0. The number of carboxylic acid groups (broad SMARTS) is 1. The maximum absolute atomic E-state index is 10.4. The Bertz CT molecular complexity index is 490. The molecule has 0 aromatic carbocycles. The van der Waals surface area contributed by atoms with Gasteiger partial charge in [-0.2, -0.15) is 0 Å². The van der Waals surface area contributed by atoms with Crippen LogP contribution in [0.4, 0.5) is 0 Å². The summed E-state index contributed by atoms with van der Waals surface area (Å²) in [7, 11) is -4.25. The summed E-state index contributed by atoms with van der Waals surface area (Å²) in [6.45, 7) is 2.89. The molecule has 0 radical (unpaired) electrons. The molecule has 0 fully saturated rings. The zero-order chi connectivity index (χ0) is 24.0. The minimum atomic E-state index is -4.25. The summed E-state index contributed by atoms with van der Waals surface area (Å²) >= 11 is 0. The van der Waals surface area contributed by atoms with Crippen LogP contribution >= 0.6 is 7.82 Å². The fraction of sp³-hybridized carbons (Fsp3) is 0.900. The van der Waals surface area contributed by atoms with Gasteiger partial charge in [-0.3, -0.25) is 14.7 Å². The second-order valence-corrected chi connectivity index (χ2v) is 8.88. The first-order chi connectivity index (χ1) is 14.6. The first-order valence-electron chi connectivity index (χ1n) is 11.4. The molecule has 11 heteroatoms. The zero-order valence-electron chi connectivity index (χ0n) is 19.1. The van der Waals surface area contributed by atoms with E-state index in [9.17, 15) is 9.36 Å². The molecule has 10 nitrogen and oxygen atoms in total. The average molecular weight is 469 g/mol. The van der Waals surface area contributed by atoms with Crippen molar-refractivity contribution in [1.82, 2.24) is 5.32 Å². The largest absolute Gasteiger partial charge is 0.480 e. The fourth-order valence-corrected chi connectivity index (χ4v) is 3.16. The number of nitrogens with two attached hydrogens (primary N) is 2. The lowest BCUT2D eigenvalue weighted by atomic mass is 10.1. The number of phosphoric acid groups is 1. The zero-order valence-corrected chi connectivity index (χ0v) is 20.0. The van der Waals surface area contributed by atoms with Gasteiger partial charge in [-0.05, 0) is 19.3 Å². The van der Waals surface area contributed by atoms with Gasteiger partial charge in [0.1, 0.15) is 6.04 Å². The van der Waals surface area contributed by atoms with Crippen molar-refractivity contribution < 1.29 is 28.8 Å². The van der Waals surface area contributed by atoms with Crippen molar-refractivity contribution >= 4 is 19.8 Å². The molecule has 0 spiro atoms. The number of phosphoric ester groups is 1. The summed E-state index contributed by atoms with van der Waals surface area (Å²) in [6, 6.07) is -0.821. The smallest absolute Gasteiger partial charge is 0.469 e. The summed E-state index contributed by atoms with van der Waals surface area (Å²) < 4.78 is 14.8. The summed E-state index contributed by atoms with van der Waals surface area (Å²) in [5, 5.41) is 17.7. The van der Waals surface area contributed by atoms with Crippen molar-refractivity contribution in [3.8, 4) is 0 Å². The highest BCUT2D eigenvalue weighted by atomic mass is 31.2. The number of rotatable bonds is 19. The van der Waals surface area contributed by atoms with Crippen LogP contribution < -0.4 is 16.8 Å². The predicted molar refractivity (Wildman–Crippen MR) is 124 cm³/mol. The summed E-state index contributed by atoms with van der Waals surface area (Å²) in [6.07, 6.45) is 15.9. The van der Waals surface area contributed by atoms with Crippen LogP contribution in [0.1, 0.15) is 96.8 Å². The van der Waals surface area contributed by atoms with Crippen LogP contribution in [0.2, 0.25) is 0 Å². The van der Waals surface area contributed by atoms with E-state index in [-0.39, 0.29) is 12.6 Å². The average Bonchev–Trinajstić information content (AvgIpc) is 2.68. The molecular weight excluding hydrogens is 423 g/mol. The lowest BCUT2D eigenvalue weighted by Gasteiger charge is -2.06.